The molecule has 0 unspecified atom stereocenters. The zero-order chi connectivity index (χ0) is 31.6. The summed E-state index contributed by atoms with van der Waals surface area (Å²) in [5.74, 6) is -6.76. The highest BCUT2D eigenvalue weighted by atomic mass is 16.8. The Morgan fingerprint density at radius 1 is 1.07 bits per heavy atom. The van der Waals surface area contributed by atoms with Gasteiger partial charge in [0.1, 0.15) is 30.5 Å². The van der Waals surface area contributed by atoms with Crippen LogP contribution in [0.3, 0.4) is 0 Å². The van der Waals surface area contributed by atoms with Crippen molar-refractivity contribution in [3.63, 3.8) is 0 Å². The topological polar surface area (TPSA) is 214 Å². The molecule has 240 valence electrons. The van der Waals surface area contributed by atoms with E-state index in [1.165, 1.54) is 13.2 Å². The Kier molecular flexibility index (Phi) is 10.5. The van der Waals surface area contributed by atoms with Crippen molar-refractivity contribution < 1.29 is 72.8 Å². The summed E-state index contributed by atoms with van der Waals surface area (Å²) in [6.45, 7) is 5.01. The quantitative estimate of drug-likeness (QED) is 0.101. The Bertz CT molecular complexity index is 1100. The molecule has 0 bridgehead atoms. The summed E-state index contributed by atoms with van der Waals surface area (Å²) in [7, 11) is 2.33. The first kappa shape index (κ1) is 32.8. The Hall–Kier alpha value is -3.08. The zero-order valence-electron chi connectivity index (χ0n) is 24.0. The molecule has 0 aromatic heterocycles. The van der Waals surface area contributed by atoms with Gasteiger partial charge in [-0.3, -0.25) is 14.4 Å². The highest BCUT2D eigenvalue weighted by molar-refractivity contribution is 5.95. The Morgan fingerprint density at radius 2 is 1.79 bits per heavy atom. The maximum Gasteiger partial charge on any atom is 0.337 e. The average Bonchev–Trinajstić information content (AvgIpc) is 3.30. The van der Waals surface area contributed by atoms with Crippen molar-refractivity contribution in [1.29, 1.82) is 0 Å². The van der Waals surface area contributed by atoms with Crippen molar-refractivity contribution in [3.05, 3.63) is 24.5 Å². The van der Waals surface area contributed by atoms with Crippen LogP contribution in [-0.2, 0) is 52.3 Å². The largest absolute Gasteiger partial charge is 0.471 e. The van der Waals surface area contributed by atoms with E-state index in [2.05, 4.69) is 6.58 Å². The standard InChI is InChI=1S/C28H38O15/c1-5-12-13(7-19(30)41-17-6-14-15(11(17)2)9-39-26(36)20(14)25(35)38-4)16(24(34)37-3)10-40-27(12)43-28-23(33)22(32)21(31)18(8-29)42-28/h5,10-15,17-18,20-23,27-29,31-33H,1,6-9H2,2-4H3/t11-,12-,13-,14+,15-,17+,18-,20+,21-,22+,23-,27+,28+/m1/s1. The molecule has 13 atom stereocenters. The number of carbonyl (C=O) groups is 4. The third kappa shape index (κ3) is 6.42. The van der Waals surface area contributed by atoms with E-state index < -0.39 is 97.3 Å². The number of esters is 4. The minimum Gasteiger partial charge on any atom is -0.471 e. The smallest absolute Gasteiger partial charge is 0.337 e. The molecule has 0 aromatic carbocycles. The van der Waals surface area contributed by atoms with Crippen LogP contribution in [0.1, 0.15) is 19.8 Å². The lowest BCUT2D eigenvalue weighted by Crippen LogP contribution is -2.60. The second-order valence-corrected chi connectivity index (χ2v) is 11.1. The predicted molar refractivity (Wildman–Crippen MR) is 139 cm³/mol. The normalized spacial score (nSPS) is 40.7. The van der Waals surface area contributed by atoms with Crippen LogP contribution in [0.4, 0.5) is 0 Å². The van der Waals surface area contributed by atoms with Gasteiger partial charge in [0.15, 0.2) is 12.2 Å². The van der Waals surface area contributed by atoms with E-state index in [4.69, 9.17) is 33.2 Å². The fourth-order valence-corrected chi connectivity index (χ4v) is 6.36. The Balaban J connectivity index is 1.49. The number of methoxy groups -OCH3 is 2. The van der Waals surface area contributed by atoms with Crippen molar-refractivity contribution in [3.8, 4) is 0 Å². The molecule has 2 saturated heterocycles. The summed E-state index contributed by atoms with van der Waals surface area (Å²) in [6, 6.07) is 0. The molecule has 3 heterocycles. The van der Waals surface area contributed by atoms with Crippen molar-refractivity contribution >= 4 is 23.9 Å². The van der Waals surface area contributed by atoms with Crippen molar-refractivity contribution in [1.82, 2.24) is 0 Å². The number of fused-ring (bicyclic) bond motifs is 1. The second-order valence-electron chi connectivity index (χ2n) is 11.1. The molecule has 15 nitrogen and oxygen atoms in total. The van der Waals surface area contributed by atoms with Gasteiger partial charge in [-0.2, -0.15) is 0 Å². The zero-order valence-corrected chi connectivity index (χ0v) is 24.0. The first-order chi connectivity index (χ1) is 20.5. The summed E-state index contributed by atoms with van der Waals surface area (Å²) in [5.41, 5.74) is -0.0177. The molecule has 1 saturated carbocycles. The molecule has 15 heteroatoms. The van der Waals surface area contributed by atoms with Gasteiger partial charge >= 0.3 is 23.9 Å². The molecular weight excluding hydrogens is 576 g/mol. The molecule has 4 rings (SSSR count). The summed E-state index contributed by atoms with van der Waals surface area (Å²) in [5, 5.41) is 40.1. The van der Waals surface area contributed by atoms with E-state index in [9.17, 15) is 39.6 Å². The van der Waals surface area contributed by atoms with Gasteiger partial charge in [0.2, 0.25) is 6.29 Å². The van der Waals surface area contributed by atoms with Gasteiger partial charge in [-0.1, -0.05) is 13.0 Å². The van der Waals surface area contributed by atoms with Crippen molar-refractivity contribution in [2.75, 3.05) is 27.4 Å². The SMILES string of the molecule is C=C[C@H]1[C@H](O[C@@H]2O[C@H](CO)[C@@H](O)[C@H](O)[C@H]2O)OC=C(C(=O)OC)[C@@H]1CC(=O)O[C@H]1C[C@@H]2[C@@H](C(=O)OC)C(=O)OC[C@@H]2[C@H]1C. The van der Waals surface area contributed by atoms with Crippen LogP contribution in [0.2, 0.25) is 0 Å². The number of rotatable bonds is 9. The fourth-order valence-electron chi connectivity index (χ4n) is 6.36. The highest BCUT2D eigenvalue weighted by Gasteiger charge is 2.55. The van der Waals surface area contributed by atoms with E-state index in [-0.39, 0.29) is 36.9 Å². The van der Waals surface area contributed by atoms with Gasteiger partial charge in [0.25, 0.3) is 0 Å². The van der Waals surface area contributed by atoms with Crippen LogP contribution in [0.15, 0.2) is 24.5 Å². The third-order valence-corrected chi connectivity index (χ3v) is 8.86. The summed E-state index contributed by atoms with van der Waals surface area (Å²) in [6.07, 6.45) is -7.48. The van der Waals surface area contributed by atoms with E-state index >= 15 is 0 Å². The second kappa shape index (κ2) is 13.7. The van der Waals surface area contributed by atoms with E-state index in [1.54, 1.807) is 0 Å². The molecule has 3 fully saturated rings. The maximum atomic E-state index is 13.3. The van der Waals surface area contributed by atoms with Crippen LogP contribution >= 0.6 is 0 Å². The number of ether oxygens (including phenoxy) is 7. The number of cyclic esters (lactones) is 1. The molecule has 0 amide bonds. The lowest BCUT2D eigenvalue weighted by Gasteiger charge is -2.43. The third-order valence-electron chi connectivity index (χ3n) is 8.86. The first-order valence-electron chi connectivity index (χ1n) is 13.9. The fraction of sp³-hybridized carbons (Fsp3) is 0.714. The lowest BCUT2D eigenvalue weighted by atomic mass is 9.80. The summed E-state index contributed by atoms with van der Waals surface area (Å²) >= 11 is 0. The van der Waals surface area contributed by atoms with Gasteiger partial charge in [-0.05, 0) is 18.3 Å². The average molecular weight is 615 g/mol. The molecular formula is C28H38O15. The Labute approximate surface area is 247 Å². The summed E-state index contributed by atoms with van der Waals surface area (Å²) < 4.78 is 37.4. The van der Waals surface area contributed by atoms with Crippen LogP contribution in [0.5, 0.6) is 0 Å². The maximum absolute atomic E-state index is 13.3. The van der Waals surface area contributed by atoms with Crippen LogP contribution < -0.4 is 0 Å². The number of hydrogen-bond acceptors (Lipinski definition) is 15. The molecule has 4 aliphatic rings. The lowest BCUT2D eigenvalue weighted by molar-refractivity contribution is -0.339. The molecule has 43 heavy (non-hydrogen) atoms. The number of aliphatic hydroxyl groups excluding tert-OH is 4. The van der Waals surface area contributed by atoms with Crippen LogP contribution in [-0.4, -0.2) is 115 Å². The highest BCUT2D eigenvalue weighted by Crippen LogP contribution is 2.46. The van der Waals surface area contributed by atoms with E-state index in [1.807, 2.05) is 6.92 Å². The Morgan fingerprint density at radius 3 is 2.42 bits per heavy atom. The minimum absolute atomic E-state index is 0.0177. The van der Waals surface area contributed by atoms with Crippen LogP contribution in [0.25, 0.3) is 0 Å². The van der Waals surface area contributed by atoms with E-state index in [0.29, 0.717) is 0 Å². The number of aliphatic hydroxyl groups is 4. The molecule has 0 aromatic rings. The van der Waals surface area contributed by atoms with Gasteiger partial charge < -0.3 is 53.6 Å². The number of carbonyl (C=O) groups excluding carboxylic acids is 4. The monoisotopic (exact) mass is 614 g/mol. The predicted octanol–water partition coefficient (Wildman–Crippen LogP) is -1.45. The van der Waals surface area contributed by atoms with Gasteiger partial charge in [-0.15, -0.1) is 6.58 Å². The van der Waals surface area contributed by atoms with Crippen molar-refractivity contribution in [2.45, 2.75) is 62.9 Å². The molecule has 1 aliphatic carbocycles. The molecule has 0 radical (unpaired) electrons. The van der Waals surface area contributed by atoms with Gasteiger partial charge in [0.05, 0.1) is 45.7 Å². The number of hydrogen-bond donors (Lipinski definition) is 4. The van der Waals surface area contributed by atoms with E-state index in [0.717, 1.165) is 13.4 Å². The van der Waals surface area contributed by atoms with Crippen molar-refractivity contribution in [2.24, 2.45) is 35.5 Å². The molecule has 3 aliphatic heterocycles. The molecule has 0 spiro atoms. The molecule has 4 N–H and O–H groups in total. The minimum atomic E-state index is -1.72. The summed E-state index contributed by atoms with van der Waals surface area (Å²) in [4.78, 5) is 50.6. The van der Waals surface area contributed by atoms with Crippen LogP contribution in [0, 0.1) is 35.5 Å². The van der Waals surface area contributed by atoms with Gasteiger partial charge in [-0.25, -0.2) is 4.79 Å². The first-order valence-corrected chi connectivity index (χ1v) is 13.9. The van der Waals surface area contributed by atoms with Gasteiger partial charge in [0, 0.05) is 17.8 Å².